The molecule has 0 amide bonds. The van der Waals surface area contributed by atoms with E-state index < -0.39 is 0 Å². The van der Waals surface area contributed by atoms with Crippen LogP contribution in [0.5, 0.6) is 0 Å². The first-order valence-corrected chi connectivity index (χ1v) is 6.82. The van der Waals surface area contributed by atoms with Gasteiger partial charge in [-0.2, -0.15) is 0 Å². The molecule has 2 aromatic rings. The Morgan fingerprint density at radius 3 is 2.47 bits per heavy atom. The minimum absolute atomic E-state index is 0.937. The van der Waals surface area contributed by atoms with E-state index >= 15 is 0 Å². The van der Waals surface area contributed by atoms with Crippen LogP contribution in [0.3, 0.4) is 0 Å². The van der Waals surface area contributed by atoms with E-state index in [1.807, 2.05) is 6.92 Å². The first-order chi connectivity index (χ1) is 8.22. The predicted octanol–water partition coefficient (Wildman–Crippen LogP) is 3.39. The molecule has 2 rings (SSSR count). The van der Waals surface area contributed by atoms with Crippen LogP contribution in [0.1, 0.15) is 24.7 Å². The summed E-state index contributed by atoms with van der Waals surface area (Å²) in [6.45, 7) is 6.25. The number of thioether (sulfide) groups is 1. The largest absolute Gasteiger partial charge is 0.274 e. The van der Waals surface area contributed by atoms with Crippen molar-refractivity contribution in [1.82, 2.24) is 14.8 Å². The number of aryl methyl sites for hydroxylation is 2. The van der Waals surface area contributed by atoms with Gasteiger partial charge in [0.2, 0.25) is 0 Å². The van der Waals surface area contributed by atoms with Gasteiger partial charge in [0.05, 0.1) is 0 Å². The summed E-state index contributed by atoms with van der Waals surface area (Å²) < 4.78 is 2.11. The normalized spacial score (nSPS) is 10.8. The topological polar surface area (TPSA) is 30.7 Å². The third-order valence-electron chi connectivity index (χ3n) is 2.52. The number of rotatable bonds is 4. The van der Waals surface area contributed by atoms with Crippen molar-refractivity contribution in [1.29, 1.82) is 0 Å². The Hall–Kier alpha value is -1.29. The Morgan fingerprint density at radius 2 is 1.82 bits per heavy atom. The molecule has 0 atom stereocenters. The molecule has 0 aliphatic heterocycles. The van der Waals surface area contributed by atoms with Crippen LogP contribution in [0, 0.1) is 13.8 Å². The molecule has 0 bridgehead atoms. The number of hydrogen-bond acceptors (Lipinski definition) is 3. The highest BCUT2D eigenvalue weighted by Crippen LogP contribution is 2.22. The second-order valence-corrected chi connectivity index (χ2v) is 5.11. The van der Waals surface area contributed by atoms with Gasteiger partial charge in [-0.25, -0.2) is 0 Å². The molecule has 17 heavy (non-hydrogen) atoms. The van der Waals surface area contributed by atoms with Gasteiger partial charge in [-0.1, -0.05) is 36.4 Å². The van der Waals surface area contributed by atoms with E-state index in [9.17, 15) is 0 Å². The van der Waals surface area contributed by atoms with E-state index in [1.54, 1.807) is 11.8 Å². The fourth-order valence-electron chi connectivity index (χ4n) is 1.62. The first-order valence-electron chi connectivity index (χ1n) is 5.84. The summed E-state index contributed by atoms with van der Waals surface area (Å²) in [6, 6.07) is 8.45. The molecule has 90 valence electrons. The average Bonchev–Trinajstić information content (AvgIpc) is 2.69. The van der Waals surface area contributed by atoms with E-state index in [1.165, 1.54) is 5.56 Å². The fraction of sp³-hybridized carbons (Fsp3) is 0.385. The van der Waals surface area contributed by atoms with Crippen molar-refractivity contribution in [3.05, 3.63) is 35.7 Å². The van der Waals surface area contributed by atoms with Crippen LogP contribution in [0.2, 0.25) is 0 Å². The van der Waals surface area contributed by atoms with Gasteiger partial charge >= 0.3 is 0 Å². The molecular formula is C13H17N3S. The molecule has 1 aromatic heterocycles. The van der Waals surface area contributed by atoms with E-state index in [2.05, 4.69) is 52.9 Å². The van der Waals surface area contributed by atoms with Crippen molar-refractivity contribution in [2.24, 2.45) is 0 Å². The lowest BCUT2D eigenvalue weighted by molar-refractivity contribution is 0.866. The van der Waals surface area contributed by atoms with E-state index in [0.717, 1.165) is 28.8 Å². The van der Waals surface area contributed by atoms with Crippen molar-refractivity contribution < 1.29 is 0 Å². The van der Waals surface area contributed by atoms with Crippen molar-refractivity contribution in [3.8, 4) is 5.69 Å². The van der Waals surface area contributed by atoms with Crippen molar-refractivity contribution in [2.75, 3.05) is 5.75 Å². The standard InChI is InChI=1S/C13H17N3S/c1-4-9-17-13-15-14-11(3)16(13)12-7-5-10(2)6-8-12/h5-8H,4,9H2,1-3H3. The number of nitrogens with zero attached hydrogens (tertiary/aromatic N) is 3. The van der Waals surface area contributed by atoms with E-state index in [-0.39, 0.29) is 0 Å². The van der Waals surface area contributed by atoms with Gasteiger partial charge in [0.1, 0.15) is 5.82 Å². The SMILES string of the molecule is CCCSc1nnc(C)n1-c1ccc(C)cc1. The van der Waals surface area contributed by atoms with Gasteiger partial charge in [-0.15, -0.1) is 10.2 Å². The molecule has 0 saturated heterocycles. The van der Waals surface area contributed by atoms with Gasteiger partial charge in [0.15, 0.2) is 5.16 Å². The highest BCUT2D eigenvalue weighted by atomic mass is 32.2. The van der Waals surface area contributed by atoms with Gasteiger partial charge in [0.25, 0.3) is 0 Å². The lowest BCUT2D eigenvalue weighted by atomic mass is 10.2. The first kappa shape index (κ1) is 12.2. The smallest absolute Gasteiger partial charge is 0.195 e. The van der Waals surface area contributed by atoms with Crippen LogP contribution < -0.4 is 0 Å². The zero-order valence-corrected chi connectivity index (χ0v) is 11.3. The van der Waals surface area contributed by atoms with Crippen LogP contribution >= 0.6 is 11.8 Å². The molecule has 0 aliphatic rings. The minimum atomic E-state index is 0.937. The highest BCUT2D eigenvalue weighted by Gasteiger charge is 2.10. The van der Waals surface area contributed by atoms with E-state index in [4.69, 9.17) is 0 Å². The van der Waals surface area contributed by atoms with Gasteiger partial charge < -0.3 is 0 Å². The second-order valence-electron chi connectivity index (χ2n) is 4.05. The second kappa shape index (κ2) is 5.36. The molecule has 0 saturated carbocycles. The molecule has 0 radical (unpaired) electrons. The Labute approximate surface area is 106 Å². The Balaban J connectivity index is 2.36. The number of aromatic nitrogens is 3. The van der Waals surface area contributed by atoms with Crippen LogP contribution in [-0.4, -0.2) is 20.5 Å². The third kappa shape index (κ3) is 2.69. The predicted molar refractivity (Wildman–Crippen MR) is 71.8 cm³/mol. The van der Waals surface area contributed by atoms with Gasteiger partial charge in [-0.3, -0.25) is 4.57 Å². The third-order valence-corrected chi connectivity index (χ3v) is 3.66. The van der Waals surface area contributed by atoms with Crippen LogP contribution in [0.15, 0.2) is 29.4 Å². The van der Waals surface area contributed by atoms with Gasteiger partial charge in [-0.05, 0) is 32.4 Å². The Kier molecular flexibility index (Phi) is 3.84. The van der Waals surface area contributed by atoms with Crippen molar-refractivity contribution in [3.63, 3.8) is 0 Å². The molecule has 0 aliphatic carbocycles. The Bertz CT molecular complexity index is 488. The average molecular weight is 247 g/mol. The molecule has 0 N–H and O–H groups in total. The fourth-order valence-corrected chi connectivity index (χ4v) is 2.47. The summed E-state index contributed by atoms with van der Waals surface area (Å²) in [4.78, 5) is 0. The summed E-state index contributed by atoms with van der Waals surface area (Å²) in [7, 11) is 0. The zero-order chi connectivity index (χ0) is 12.3. The molecule has 4 heteroatoms. The minimum Gasteiger partial charge on any atom is -0.274 e. The lowest BCUT2D eigenvalue weighted by Gasteiger charge is -2.08. The molecule has 0 unspecified atom stereocenters. The van der Waals surface area contributed by atoms with Crippen LogP contribution in [-0.2, 0) is 0 Å². The molecule has 1 aromatic carbocycles. The van der Waals surface area contributed by atoms with E-state index in [0.29, 0.717) is 0 Å². The monoisotopic (exact) mass is 247 g/mol. The molecule has 1 heterocycles. The maximum Gasteiger partial charge on any atom is 0.195 e. The molecule has 3 nitrogen and oxygen atoms in total. The summed E-state index contributed by atoms with van der Waals surface area (Å²) in [5.41, 5.74) is 2.40. The van der Waals surface area contributed by atoms with Gasteiger partial charge in [0, 0.05) is 11.4 Å². The summed E-state index contributed by atoms with van der Waals surface area (Å²) in [5, 5.41) is 9.37. The zero-order valence-electron chi connectivity index (χ0n) is 10.5. The van der Waals surface area contributed by atoms with Crippen LogP contribution in [0.4, 0.5) is 0 Å². The van der Waals surface area contributed by atoms with Crippen molar-refractivity contribution >= 4 is 11.8 Å². The molecular weight excluding hydrogens is 230 g/mol. The maximum atomic E-state index is 4.23. The summed E-state index contributed by atoms with van der Waals surface area (Å²) >= 11 is 1.76. The summed E-state index contributed by atoms with van der Waals surface area (Å²) in [5.74, 6) is 2.01. The quantitative estimate of drug-likeness (QED) is 0.776. The molecule has 0 fully saturated rings. The lowest BCUT2D eigenvalue weighted by Crippen LogP contribution is -1.99. The highest BCUT2D eigenvalue weighted by molar-refractivity contribution is 7.99. The van der Waals surface area contributed by atoms with Crippen LogP contribution in [0.25, 0.3) is 5.69 Å². The number of hydrogen-bond donors (Lipinski definition) is 0. The summed E-state index contributed by atoms with van der Waals surface area (Å²) in [6.07, 6.45) is 1.14. The van der Waals surface area contributed by atoms with Crippen molar-refractivity contribution in [2.45, 2.75) is 32.3 Å². The molecule has 0 spiro atoms. The Morgan fingerprint density at radius 1 is 1.12 bits per heavy atom. The maximum absolute atomic E-state index is 4.23. The number of benzene rings is 1.